The Hall–Kier alpha value is -1.07. The number of aryl methyl sites for hydroxylation is 2. The average molecular weight is 211 g/mol. The van der Waals surface area contributed by atoms with E-state index in [9.17, 15) is 0 Å². The van der Waals surface area contributed by atoms with Crippen molar-refractivity contribution in [2.24, 2.45) is 7.05 Å². The Labute approximate surface area is 89.4 Å². The lowest BCUT2D eigenvalue weighted by molar-refractivity contribution is 0.0758. The van der Waals surface area contributed by atoms with Crippen LogP contribution in [0.15, 0.2) is 0 Å². The van der Waals surface area contributed by atoms with E-state index in [1.54, 1.807) is 11.8 Å². The average Bonchev–Trinajstić information content (AvgIpc) is 2.54. The zero-order valence-electron chi connectivity index (χ0n) is 9.41. The van der Waals surface area contributed by atoms with Crippen molar-refractivity contribution in [2.75, 3.05) is 26.9 Å². The van der Waals surface area contributed by atoms with E-state index in [1.165, 1.54) is 0 Å². The van der Waals surface area contributed by atoms with Crippen LogP contribution in [-0.2, 0) is 11.8 Å². The lowest BCUT2D eigenvalue weighted by atomic mass is 10.1. The molecule has 1 aromatic rings. The second-order valence-corrected chi connectivity index (χ2v) is 3.71. The second kappa shape index (κ2) is 4.20. The van der Waals surface area contributed by atoms with E-state index in [1.807, 2.05) is 14.0 Å². The zero-order valence-corrected chi connectivity index (χ0v) is 9.41. The minimum Gasteiger partial charge on any atom is -0.481 e. The van der Waals surface area contributed by atoms with Crippen LogP contribution in [0.5, 0.6) is 5.88 Å². The molecule has 5 heteroatoms. The molecule has 2 heterocycles. The molecule has 2 rings (SSSR count). The lowest BCUT2D eigenvalue weighted by Gasteiger charge is -2.24. The standard InChI is InChI=1S/C10H17N3O2/c1-7-9(8-6-15-5-4-11-8)10(14-3)13(2)12-7/h8,11H,4-6H2,1-3H3. The fraction of sp³-hybridized carbons (Fsp3) is 0.700. The van der Waals surface area contributed by atoms with Crippen LogP contribution in [0.2, 0.25) is 0 Å². The molecule has 1 aliphatic heterocycles. The van der Waals surface area contributed by atoms with Crippen molar-refractivity contribution in [3.63, 3.8) is 0 Å². The maximum Gasteiger partial charge on any atom is 0.216 e. The van der Waals surface area contributed by atoms with Gasteiger partial charge in [0.1, 0.15) is 0 Å². The van der Waals surface area contributed by atoms with Gasteiger partial charge < -0.3 is 14.8 Å². The Bertz CT molecular complexity index is 343. The van der Waals surface area contributed by atoms with Crippen molar-refractivity contribution in [3.8, 4) is 5.88 Å². The number of hydrogen-bond donors (Lipinski definition) is 1. The number of nitrogens with zero attached hydrogens (tertiary/aromatic N) is 2. The number of morpholine rings is 1. The monoisotopic (exact) mass is 211 g/mol. The largest absolute Gasteiger partial charge is 0.481 e. The van der Waals surface area contributed by atoms with Crippen molar-refractivity contribution in [1.82, 2.24) is 15.1 Å². The molecule has 1 atom stereocenters. The van der Waals surface area contributed by atoms with Crippen LogP contribution in [0.4, 0.5) is 0 Å². The molecule has 0 spiro atoms. The quantitative estimate of drug-likeness (QED) is 0.769. The van der Waals surface area contributed by atoms with Gasteiger partial charge in [-0.2, -0.15) is 5.10 Å². The molecule has 1 fully saturated rings. The molecule has 0 aromatic carbocycles. The normalized spacial score (nSPS) is 21.7. The van der Waals surface area contributed by atoms with Crippen LogP contribution >= 0.6 is 0 Å². The van der Waals surface area contributed by atoms with Crippen LogP contribution in [0.3, 0.4) is 0 Å². The molecule has 0 aliphatic carbocycles. The summed E-state index contributed by atoms with van der Waals surface area (Å²) >= 11 is 0. The highest BCUT2D eigenvalue weighted by molar-refractivity contribution is 5.34. The third-order valence-electron chi connectivity index (χ3n) is 2.68. The summed E-state index contributed by atoms with van der Waals surface area (Å²) in [6, 6.07) is 0.197. The van der Waals surface area contributed by atoms with Gasteiger partial charge in [-0.1, -0.05) is 0 Å². The first-order valence-corrected chi connectivity index (χ1v) is 5.12. The first-order valence-electron chi connectivity index (χ1n) is 5.12. The summed E-state index contributed by atoms with van der Waals surface area (Å²) in [5.41, 5.74) is 2.11. The Morgan fingerprint density at radius 2 is 2.40 bits per heavy atom. The van der Waals surface area contributed by atoms with E-state index in [2.05, 4.69) is 10.4 Å². The van der Waals surface area contributed by atoms with E-state index in [4.69, 9.17) is 9.47 Å². The summed E-state index contributed by atoms with van der Waals surface area (Å²) in [7, 11) is 3.56. The number of aromatic nitrogens is 2. The van der Waals surface area contributed by atoms with Crippen molar-refractivity contribution in [2.45, 2.75) is 13.0 Å². The first-order chi connectivity index (χ1) is 7.24. The van der Waals surface area contributed by atoms with Crippen molar-refractivity contribution in [1.29, 1.82) is 0 Å². The van der Waals surface area contributed by atoms with Crippen LogP contribution in [-0.4, -0.2) is 36.6 Å². The topological polar surface area (TPSA) is 48.3 Å². The van der Waals surface area contributed by atoms with Crippen molar-refractivity contribution >= 4 is 0 Å². The highest BCUT2D eigenvalue weighted by Gasteiger charge is 2.24. The van der Waals surface area contributed by atoms with Crippen LogP contribution < -0.4 is 10.1 Å². The fourth-order valence-electron chi connectivity index (χ4n) is 2.05. The van der Waals surface area contributed by atoms with Crippen molar-refractivity contribution < 1.29 is 9.47 Å². The molecule has 1 unspecified atom stereocenters. The molecule has 1 aromatic heterocycles. The second-order valence-electron chi connectivity index (χ2n) is 3.71. The highest BCUT2D eigenvalue weighted by Crippen LogP contribution is 2.28. The third-order valence-corrected chi connectivity index (χ3v) is 2.68. The van der Waals surface area contributed by atoms with E-state index in [0.717, 1.165) is 30.3 Å². The molecule has 0 bridgehead atoms. The number of ether oxygens (including phenoxy) is 2. The van der Waals surface area contributed by atoms with Gasteiger partial charge in [-0.15, -0.1) is 0 Å². The molecule has 0 amide bonds. The number of methoxy groups -OCH3 is 1. The minimum absolute atomic E-state index is 0.197. The molecule has 0 saturated carbocycles. The smallest absolute Gasteiger partial charge is 0.216 e. The van der Waals surface area contributed by atoms with E-state index in [-0.39, 0.29) is 6.04 Å². The summed E-state index contributed by atoms with van der Waals surface area (Å²) in [5.74, 6) is 0.815. The molecule has 84 valence electrons. The number of rotatable bonds is 2. The highest BCUT2D eigenvalue weighted by atomic mass is 16.5. The van der Waals surface area contributed by atoms with Gasteiger partial charge in [0.15, 0.2) is 0 Å². The van der Waals surface area contributed by atoms with Gasteiger partial charge in [0, 0.05) is 13.6 Å². The van der Waals surface area contributed by atoms with E-state index in [0.29, 0.717) is 6.61 Å². The third kappa shape index (κ3) is 1.85. The molecule has 5 nitrogen and oxygen atoms in total. The van der Waals surface area contributed by atoms with Crippen molar-refractivity contribution in [3.05, 3.63) is 11.3 Å². The predicted octanol–water partition coefficient (Wildman–Crippen LogP) is 0.398. The Morgan fingerprint density at radius 3 is 3.00 bits per heavy atom. The minimum atomic E-state index is 0.197. The Balaban J connectivity index is 2.32. The maximum atomic E-state index is 5.45. The molecule has 0 radical (unpaired) electrons. The van der Waals surface area contributed by atoms with Crippen LogP contribution in [0, 0.1) is 6.92 Å². The molecule has 15 heavy (non-hydrogen) atoms. The Kier molecular flexibility index (Phi) is 2.93. The summed E-state index contributed by atoms with van der Waals surface area (Å²) in [4.78, 5) is 0. The zero-order chi connectivity index (χ0) is 10.8. The molecular formula is C10H17N3O2. The molecular weight excluding hydrogens is 194 g/mol. The predicted molar refractivity (Wildman–Crippen MR) is 56.1 cm³/mol. The van der Waals surface area contributed by atoms with Gasteiger partial charge in [0.05, 0.1) is 37.6 Å². The Morgan fingerprint density at radius 1 is 1.60 bits per heavy atom. The molecule has 1 N–H and O–H groups in total. The van der Waals surface area contributed by atoms with Gasteiger partial charge in [-0.25, -0.2) is 4.68 Å². The van der Waals surface area contributed by atoms with Gasteiger partial charge in [-0.3, -0.25) is 0 Å². The molecule has 1 saturated heterocycles. The van der Waals surface area contributed by atoms with E-state index >= 15 is 0 Å². The number of hydrogen-bond acceptors (Lipinski definition) is 4. The van der Waals surface area contributed by atoms with Crippen LogP contribution in [0.1, 0.15) is 17.3 Å². The van der Waals surface area contributed by atoms with Gasteiger partial charge in [-0.05, 0) is 6.92 Å². The first kappa shape index (κ1) is 10.4. The van der Waals surface area contributed by atoms with Gasteiger partial charge in [0.2, 0.25) is 5.88 Å². The summed E-state index contributed by atoms with van der Waals surface area (Å²) < 4.78 is 12.6. The summed E-state index contributed by atoms with van der Waals surface area (Å²) in [5, 5.41) is 7.76. The lowest BCUT2D eigenvalue weighted by Crippen LogP contribution is -2.35. The van der Waals surface area contributed by atoms with Crippen LogP contribution in [0.25, 0.3) is 0 Å². The maximum absolute atomic E-state index is 5.45. The molecule has 1 aliphatic rings. The van der Waals surface area contributed by atoms with Gasteiger partial charge >= 0.3 is 0 Å². The fourth-order valence-corrected chi connectivity index (χ4v) is 2.05. The SMILES string of the molecule is COc1c(C2COCCN2)c(C)nn1C. The van der Waals surface area contributed by atoms with E-state index < -0.39 is 0 Å². The number of nitrogens with one attached hydrogen (secondary N) is 1. The summed E-state index contributed by atoms with van der Waals surface area (Å²) in [6.45, 7) is 4.33. The van der Waals surface area contributed by atoms with Gasteiger partial charge in [0.25, 0.3) is 0 Å². The summed E-state index contributed by atoms with van der Waals surface area (Å²) in [6.07, 6.45) is 0.